The zero-order valence-corrected chi connectivity index (χ0v) is 19.4. The van der Waals surface area contributed by atoms with Gasteiger partial charge in [0.1, 0.15) is 5.60 Å². The van der Waals surface area contributed by atoms with Crippen LogP contribution in [0, 0.1) is 0 Å². The average Bonchev–Trinajstić information content (AvgIpc) is 2.73. The van der Waals surface area contributed by atoms with Crippen molar-refractivity contribution in [2.24, 2.45) is 0 Å². The number of amides is 2. The summed E-state index contributed by atoms with van der Waals surface area (Å²) in [6, 6.07) is 6.26. The molecule has 2 heterocycles. The monoisotopic (exact) mass is 451 g/mol. The molecule has 0 aliphatic carbocycles. The van der Waals surface area contributed by atoms with Crippen molar-refractivity contribution in [2.45, 2.75) is 69.4 Å². The van der Waals surface area contributed by atoms with Crippen LogP contribution in [0.3, 0.4) is 0 Å². The highest BCUT2D eigenvalue weighted by Gasteiger charge is 2.31. The van der Waals surface area contributed by atoms with Crippen LogP contribution in [-0.4, -0.2) is 67.4 Å². The van der Waals surface area contributed by atoms with Crippen LogP contribution in [0.2, 0.25) is 0 Å². The Morgan fingerprint density at radius 2 is 1.61 bits per heavy atom. The number of nitrogens with one attached hydrogen (secondary N) is 1. The quantitative estimate of drug-likeness (QED) is 0.759. The molecule has 172 valence electrons. The molecular weight excluding hydrogens is 418 g/mol. The fourth-order valence-corrected chi connectivity index (χ4v) is 5.63. The molecule has 2 fully saturated rings. The Bertz CT molecular complexity index is 896. The summed E-state index contributed by atoms with van der Waals surface area (Å²) in [5.74, 6) is -0.396. The zero-order valence-electron chi connectivity index (χ0n) is 18.6. The van der Waals surface area contributed by atoms with Gasteiger partial charge in [-0.1, -0.05) is 18.6 Å². The summed E-state index contributed by atoms with van der Waals surface area (Å²) in [5.41, 5.74) is -0.381. The van der Waals surface area contributed by atoms with Crippen molar-refractivity contribution in [3.05, 3.63) is 29.8 Å². The van der Waals surface area contributed by atoms with Crippen LogP contribution in [0.4, 0.5) is 4.79 Å². The maximum absolute atomic E-state index is 13.1. The van der Waals surface area contributed by atoms with E-state index in [-0.39, 0.29) is 22.6 Å². The summed E-state index contributed by atoms with van der Waals surface area (Å²) < 4.78 is 33.1. The Balaban J connectivity index is 1.64. The lowest BCUT2D eigenvalue weighted by Gasteiger charge is -2.33. The highest BCUT2D eigenvalue weighted by atomic mass is 32.2. The van der Waals surface area contributed by atoms with Crippen molar-refractivity contribution in [2.75, 3.05) is 26.2 Å². The minimum atomic E-state index is -3.71. The van der Waals surface area contributed by atoms with E-state index >= 15 is 0 Å². The maximum atomic E-state index is 13.1. The number of nitrogens with zero attached hydrogens (tertiary/aromatic N) is 2. The highest BCUT2D eigenvalue weighted by molar-refractivity contribution is 7.89. The van der Waals surface area contributed by atoms with E-state index < -0.39 is 21.5 Å². The smallest absolute Gasteiger partial charge is 0.410 e. The predicted octanol–water partition coefficient (Wildman–Crippen LogP) is 2.99. The molecule has 9 heteroatoms. The lowest BCUT2D eigenvalue weighted by molar-refractivity contribution is 0.0199. The molecule has 0 radical (unpaired) electrons. The van der Waals surface area contributed by atoms with Crippen LogP contribution in [0.1, 0.15) is 63.2 Å². The molecule has 0 aromatic heterocycles. The van der Waals surface area contributed by atoms with E-state index in [1.54, 1.807) is 23.1 Å². The van der Waals surface area contributed by atoms with Gasteiger partial charge >= 0.3 is 6.09 Å². The van der Waals surface area contributed by atoms with Crippen molar-refractivity contribution in [1.29, 1.82) is 0 Å². The van der Waals surface area contributed by atoms with Crippen molar-refractivity contribution < 1.29 is 22.7 Å². The van der Waals surface area contributed by atoms with Gasteiger partial charge in [-0.2, -0.15) is 4.31 Å². The molecular formula is C22H33N3O5S. The van der Waals surface area contributed by atoms with E-state index in [9.17, 15) is 18.0 Å². The molecule has 2 saturated heterocycles. The zero-order chi connectivity index (χ0) is 22.6. The number of piperidine rings is 2. The first-order valence-corrected chi connectivity index (χ1v) is 12.4. The molecule has 1 aromatic rings. The molecule has 8 nitrogen and oxygen atoms in total. The van der Waals surface area contributed by atoms with Gasteiger partial charge < -0.3 is 15.0 Å². The van der Waals surface area contributed by atoms with E-state index in [1.165, 1.54) is 10.4 Å². The van der Waals surface area contributed by atoms with Crippen LogP contribution in [0.15, 0.2) is 29.2 Å². The maximum Gasteiger partial charge on any atom is 0.410 e. The first-order valence-electron chi connectivity index (χ1n) is 11.0. The Morgan fingerprint density at radius 1 is 1.00 bits per heavy atom. The molecule has 2 aliphatic heterocycles. The molecule has 0 bridgehead atoms. The molecule has 3 rings (SSSR count). The van der Waals surface area contributed by atoms with Gasteiger partial charge in [-0.25, -0.2) is 13.2 Å². The first kappa shape index (κ1) is 23.5. The van der Waals surface area contributed by atoms with Gasteiger partial charge in [0.25, 0.3) is 5.91 Å². The Morgan fingerprint density at radius 3 is 2.23 bits per heavy atom. The minimum absolute atomic E-state index is 0.0561. The van der Waals surface area contributed by atoms with Gasteiger partial charge in [-0.05, 0) is 58.6 Å². The summed E-state index contributed by atoms with van der Waals surface area (Å²) in [6.07, 6.45) is 3.53. The van der Waals surface area contributed by atoms with Gasteiger partial charge in [-0.15, -0.1) is 0 Å². The van der Waals surface area contributed by atoms with Gasteiger partial charge in [0.2, 0.25) is 10.0 Å². The molecule has 31 heavy (non-hydrogen) atoms. The van der Waals surface area contributed by atoms with E-state index in [4.69, 9.17) is 4.74 Å². The topological polar surface area (TPSA) is 96.0 Å². The first-order chi connectivity index (χ1) is 14.6. The predicted molar refractivity (Wildman–Crippen MR) is 117 cm³/mol. The number of likely N-dealkylation sites (tertiary alicyclic amines) is 1. The lowest BCUT2D eigenvalue weighted by atomic mass is 10.0. The van der Waals surface area contributed by atoms with Crippen LogP contribution >= 0.6 is 0 Å². The standard InChI is InChI=1S/C22H33N3O5S/c1-22(2,3)30-21(27)24-15-11-17(12-16-24)23-20(26)18-9-5-6-10-19(18)31(28,29)25-13-7-4-8-14-25/h5-6,9-10,17H,4,7-8,11-16H2,1-3H3,(H,23,26). The number of carbonyl (C=O) groups excluding carboxylic acids is 2. The second kappa shape index (κ2) is 9.56. The molecule has 0 unspecified atom stereocenters. The molecule has 1 aromatic carbocycles. The number of carbonyl (C=O) groups is 2. The van der Waals surface area contributed by atoms with Crippen LogP contribution in [-0.2, 0) is 14.8 Å². The summed E-state index contributed by atoms with van der Waals surface area (Å²) in [4.78, 5) is 26.9. The Hall–Kier alpha value is -2.13. The van der Waals surface area contributed by atoms with Gasteiger partial charge in [0.15, 0.2) is 0 Å². The van der Waals surface area contributed by atoms with Crippen molar-refractivity contribution in [3.63, 3.8) is 0 Å². The normalized spacial score (nSPS) is 19.1. The average molecular weight is 452 g/mol. The van der Waals surface area contributed by atoms with E-state index in [1.807, 2.05) is 20.8 Å². The number of hydrogen-bond acceptors (Lipinski definition) is 5. The number of ether oxygens (including phenoxy) is 1. The van der Waals surface area contributed by atoms with E-state index in [0.29, 0.717) is 39.0 Å². The third-order valence-corrected chi connectivity index (χ3v) is 7.50. The van der Waals surface area contributed by atoms with Crippen molar-refractivity contribution in [1.82, 2.24) is 14.5 Å². The largest absolute Gasteiger partial charge is 0.444 e. The molecule has 0 spiro atoms. The SMILES string of the molecule is CC(C)(C)OC(=O)N1CCC(NC(=O)c2ccccc2S(=O)(=O)N2CCCCC2)CC1. The Kier molecular flexibility index (Phi) is 7.26. The summed E-state index contributed by atoms with van der Waals surface area (Å²) in [5, 5.41) is 2.96. The van der Waals surface area contributed by atoms with Gasteiger partial charge in [0.05, 0.1) is 10.5 Å². The van der Waals surface area contributed by atoms with Crippen LogP contribution in [0.5, 0.6) is 0 Å². The third kappa shape index (κ3) is 5.98. The fraction of sp³-hybridized carbons (Fsp3) is 0.636. The van der Waals surface area contributed by atoms with Crippen LogP contribution in [0.25, 0.3) is 0 Å². The fourth-order valence-electron chi connectivity index (χ4n) is 3.92. The number of sulfonamides is 1. The second-order valence-corrected chi connectivity index (χ2v) is 11.1. The van der Waals surface area contributed by atoms with Crippen molar-refractivity contribution in [3.8, 4) is 0 Å². The van der Waals surface area contributed by atoms with Crippen molar-refractivity contribution >= 4 is 22.0 Å². The number of benzene rings is 1. The highest BCUT2D eigenvalue weighted by Crippen LogP contribution is 2.24. The summed E-state index contributed by atoms with van der Waals surface area (Å²) >= 11 is 0. The van der Waals surface area contributed by atoms with E-state index in [0.717, 1.165) is 19.3 Å². The number of hydrogen-bond donors (Lipinski definition) is 1. The lowest BCUT2D eigenvalue weighted by Crippen LogP contribution is -2.48. The second-order valence-electron chi connectivity index (χ2n) is 9.18. The molecule has 2 aliphatic rings. The van der Waals surface area contributed by atoms with Gasteiger partial charge in [0, 0.05) is 32.2 Å². The third-order valence-electron chi connectivity index (χ3n) is 5.55. The summed E-state index contributed by atoms with van der Waals surface area (Å²) in [7, 11) is -3.71. The molecule has 0 saturated carbocycles. The molecule has 0 atom stereocenters. The Labute approximate surface area is 185 Å². The number of rotatable bonds is 4. The van der Waals surface area contributed by atoms with Crippen LogP contribution < -0.4 is 5.32 Å². The van der Waals surface area contributed by atoms with E-state index in [2.05, 4.69) is 5.32 Å². The molecule has 1 N–H and O–H groups in total. The van der Waals surface area contributed by atoms with Gasteiger partial charge in [-0.3, -0.25) is 4.79 Å². The molecule has 2 amide bonds. The minimum Gasteiger partial charge on any atom is -0.444 e. The summed E-state index contributed by atoms with van der Waals surface area (Å²) in [6.45, 7) is 7.41.